The van der Waals surface area contributed by atoms with Crippen molar-refractivity contribution in [3.63, 3.8) is 0 Å². The van der Waals surface area contributed by atoms with Crippen LogP contribution in [0.5, 0.6) is 0 Å². The summed E-state index contributed by atoms with van der Waals surface area (Å²) in [7, 11) is 0. The molecule has 0 aliphatic heterocycles. The number of hydrogen-bond donors (Lipinski definition) is 1. The third-order valence-corrected chi connectivity index (χ3v) is 5.21. The molecule has 1 aromatic carbocycles. The second-order valence-electron chi connectivity index (χ2n) is 6.15. The molecule has 1 unspecified atom stereocenters. The van der Waals surface area contributed by atoms with E-state index in [0.717, 1.165) is 11.1 Å². The Morgan fingerprint density at radius 2 is 1.88 bits per heavy atom. The first-order valence-corrected chi connectivity index (χ1v) is 9.09. The van der Waals surface area contributed by atoms with E-state index in [9.17, 15) is 14.7 Å². The van der Waals surface area contributed by atoms with Crippen molar-refractivity contribution in [1.82, 2.24) is 9.55 Å². The van der Waals surface area contributed by atoms with Gasteiger partial charge in [-0.1, -0.05) is 37.6 Å². The molecule has 0 radical (unpaired) electrons. The van der Waals surface area contributed by atoms with Crippen molar-refractivity contribution in [3.05, 3.63) is 50.8 Å². The topological polar surface area (TPSA) is 72.2 Å². The lowest BCUT2D eigenvalue weighted by Gasteiger charge is -2.18. The van der Waals surface area contributed by atoms with E-state index in [2.05, 4.69) is 4.98 Å². The number of halogens is 1. The highest BCUT2D eigenvalue weighted by Crippen LogP contribution is 2.33. The zero-order valence-electron chi connectivity index (χ0n) is 14.0. The number of thiophene rings is 1. The van der Waals surface area contributed by atoms with Gasteiger partial charge in [0.05, 0.1) is 5.39 Å². The highest BCUT2D eigenvalue weighted by molar-refractivity contribution is 7.17. The molecule has 2 aromatic heterocycles. The Morgan fingerprint density at radius 3 is 2.44 bits per heavy atom. The highest BCUT2D eigenvalue weighted by Gasteiger charge is 2.24. The molecular formula is C18H17ClN2O3S. The van der Waals surface area contributed by atoms with Crippen molar-refractivity contribution < 1.29 is 9.90 Å². The second-order valence-corrected chi connectivity index (χ2v) is 7.45. The molecule has 2 heterocycles. The van der Waals surface area contributed by atoms with Crippen LogP contribution in [0.4, 0.5) is 0 Å². The Morgan fingerprint density at radius 1 is 1.24 bits per heavy atom. The number of nitrogens with zero attached hydrogens (tertiary/aromatic N) is 2. The first-order chi connectivity index (χ1) is 11.8. The third kappa shape index (κ3) is 3.07. The van der Waals surface area contributed by atoms with E-state index in [0.29, 0.717) is 21.1 Å². The summed E-state index contributed by atoms with van der Waals surface area (Å²) < 4.78 is 1.29. The summed E-state index contributed by atoms with van der Waals surface area (Å²) in [4.78, 5) is 29.9. The first kappa shape index (κ1) is 17.6. The van der Waals surface area contributed by atoms with E-state index in [1.807, 2.05) is 31.4 Å². The Kier molecular flexibility index (Phi) is 4.67. The number of carboxylic acid groups (broad SMARTS) is 1. The van der Waals surface area contributed by atoms with Crippen LogP contribution < -0.4 is 5.56 Å². The van der Waals surface area contributed by atoms with Gasteiger partial charge in [0.15, 0.2) is 0 Å². The molecule has 0 saturated carbocycles. The van der Waals surface area contributed by atoms with E-state index >= 15 is 0 Å². The standard InChI is InChI=1S/C18H17ClN2O3S/c1-9(2)15-20-16-14(17(22)21(15)10(3)18(23)24)13(8-25-16)11-4-6-12(19)7-5-11/h4-10H,1-3H3,(H,23,24). The molecule has 0 aliphatic carbocycles. The summed E-state index contributed by atoms with van der Waals surface area (Å²) in [5, 5.41) is 12.3. The maximum absolute atomic E-state index is 13.2. The van der Waals surface area contributed by atoms with Gasteiger partial charge in [-0.15, -0.1) is 11.3 Å². The molecule has 7 heteroatoms. The maximum Gasteiger partial charge on any atom is 0.326 e. The van der Waals surface area contributed by atoms with Crippen molar-refractivity contribution in [1.29, 1.82) is 0 Å². The highest BCUT2D eigenvalue weighted by atomic mass is 35.5. The first-order valence-electron chi connectivity index (χ1n) is 7.83. The Balaban J connectivity index is 2.34. The summed E-state index contributed by atoms with van der Waals surface area (Å²) in [6.07, 6.45) is 0. The number of rotatable bonds is 4. The fourth-order valence-corrected chi connectivity index (χ4v) is 3.82. The predicted octanol–water partition coefficient (Wildman–Crippen LogP) is 4.55. The number of aliphatic carboxylic acids is 1. The molecule has 1 N–H and O–H groups in total. The number of benzene rings is 1. The van der Waals surface area contributed by atoms with Gasteiger partial charge in [-0.3, -0.25) is 9.36 Å². The molecule has 1 atom stereocenters. The lowest BCUT2D eigenvalue weighted by Crippen LogP contribution is -2.32. The van der Waals surface area contributed by atoms with Crippen LogP contribution in [-0.4, -0.2) is 20.6 Å². The number of carbonyl (C=O) groups is 1. The van der Waals surface area contributed by atoms with Crippen molar-refractivity contribution in [2.24, 2.45) is 0 Å². The lowest BCUT2D eigenvalue weighted by molar-refractivity contribution is -0.140. The number of hydrogen-bond acceptors (Lipinski definition) is 4. The summed E-state index contributed by atoms with van der Waals surface area (Å²) in [5.41, 5.74) is 1.27. The van der Waals surface area contributed by atoms with Gasteiger partial charge in [-0.25, -0.2) is 9.78 Å². The van der Waals surface area contributed by atoms with E-state index in [-0.39, 0.29) is 11.5 Å². The van der Waals surface area contributed by atoms with Crippen molar-refractivity contribution in [3.8, 4) is 11.1 Å². The van der Waals surface area contributed by atoms with Gasteiger partial charge >= 0.3 is 5.97 Å². The van der Waals surface area contributed by atoms with Gasteiger partial charge in [0.25, 0.3) is 5.56 Å². The third-order valence-electron chi connectivity index (χ3n) is 4.08. The zero-order valence-corrected chi connectivity index (χ0v) is 15.6. The minimum Gasteiger partial charge on any atom is -0.480 e. The fourth-order valence-electron chi connectivity index (χ4n) is 2.75. The minimum absolute atomic E-state index is 0.0695. The molecule has 130 valence electrons. The van der Waals surface area contributed by atoms with Crippen LogP contribution in [-0.2, 0) is 4.79 Å². The average molecular weight is 377 g/mol. The van der Waals surface area contributed by atoms with Gasteiger partial charge in [0, 0.05) is 21.9 Å². The number of carboxylic acids is 1. The predicted molar refractivity (Wildman–Crippen MR) is 101 cm³/mol. The molecule has 3 aromatic rings. The van der Waals surface area contributed by atoms with Crippen LogP contribution in [0.25, 0.3) is 21.3 Å². The molecule has 0 saturated heterocycles. The normalized spacial score (nSPS) is 12.7. The van der Waals surface area contributed by atoms with Crippen molar-refractivity contribution in [2.75, 3.05) is 0 Å². The molecule has 5 nitrogen and oxygen atoms in total. The second kappa shape index (κ2) is 6.61. The van der Waals surface area contributed by atoms with E-state index < -0.39 is 12.0 Å². The molecule has 0 bridgehead atoms. The largest absolute Gasteiger partial charge is 0.480 e. The van der Waals surface area contributed by atoms with Crippen LogP contribution in [0, 0.1) is 0 Å². The maximum atomic E-state index is 13.2. The molecule has 0 amide bonds. The summed E-state index contributed by atoms with van der Waals surface area (Å²) in [6.45, 7) is 5.29. The van der Waals surface area contributed by atoms with E-state index in [1.165, 1.54) is 22.8 Å². The smallest absolute Gasteiger partial charge is 0.326 e. The fraction of sp³-hybridized carbons (Fsp3) is 0.278. The molecule has 25 heavy (non-hydrogen) atoms. The van der Waals surface area contributed by atoms with Gasteiger partial charge in [-0.2, -0.15) is 0 Å². The molecular weight excluding hydrogens is 360 g/mol. The van der Waals surface area contributed by atoms with Crippen LogP contribution in [0.3, 0.4) is 0 Å². The van der Waals surface area contributed by atoms with Crippen LogP contribution in [0.2, 0.25) is 5.02 Å². The van der Waals surface area contributed by atoms with Crippen molar-refractivity contribution in [2.45, 2.75) is 32.7 Å². The SMILES string of the molecule is CC(C)c1nc2scc(-c3ccc(Cl)cc3)c2c(=O)n1C(C)C(=O)O. The van der Waals surface area contributed by atoms with Crippen LogP contribution in [0.15, 0.2) is 34.4 Å². The van der Waals surface area contributed by atoms with Gasteiger partial charge in [-0.05, 0) is 24.6 Å². The van der Waals surface area contributed by atoms with Gasteiger partial charge in [0.1, 0.15) is 16.7 Å². The Bertz CT molecular complexity index is 1010. The monoisotopic (exact) mass is 376 g/mol. The van der Waals surface area contributed by atoms with Gasteiger partial charge in [0.2, 0.25) is 0 Å². The van der Waals surface area contributed by atoms with Crippen LogP contribution in [0.1, 0.15) is 38.6 Å². The Labute approximate surface area is 153 Å². The van der Waals surface area contributed by atoms with Crippen LogP contribution >= 0.6 is 22.9 Å². The molecule has 3 rings (SSSR count). The Hall–Kier alpha value is -2.18. The zero-order chi connectivity index (χ0) is 18.3. The van der Waals surface area contributed by atoms with Crippen molar-refractivity contribution >= 4 is 39.1 Å². The number of fused-ring (bicyclic) bond motifs is 1. The van der Waals surface area contributed by atoms with E-state index in [4.69, 9.17) is 11.6 Å². The van der Waals surface area contributed by atoms with Gasteiger partial charge < -0.3 is 5.11 Å². The molecule has 0 spiro atoms. The molecule has 0 fully saturated rings. The summed E-state index contributed by atoms with van der Waals surface area (Å²) in [5.74, 6) is -0.648. The quantitative estimate of drug-likeness (QED) is 0.725. The summed E-state index contributed by atoms with van der Waals surface area (Å²) in [6, 6.07) is 6.21. The minimum atomic E-state index is -1.06. The number of aromatic nitrogens is 2. The summed E-state index contributed by atoms with van der Waals surface area (Å²) >= 11 is 7.32. The molecule has 0 aliphatic rings. The van der Waals surface area contributed by atoms with E-state index in [1.54, 1.807) is 12.1 Å². The lowest BCUT2D eigenvalue weighted by atomic mass is 10.1. The average Bonchev–Trinajstić information content (AvgIpc) is 2.99.